The zero-order chi connectivity index (χ0) is 15.4. The van der Waals surface area contributed by atoms with Crippen LogP contribution in [0, 0.1) is 25.7 Å². The Morgan fingerprint density at radius 1 is 1.33 bits per heavy atom. The van der Waals surface area contributed by atoms with E-state index in [-0.39, 0.29) is 5.91 Å². The molecule has 108 valence electrons. The maximum atomic E-state index is 12.0. The standard InChI is InChI=1S/C17H17NO3/c1-12-10-14(11-15(21-3)13(12)2)7-8-17(20)18-9-5-4-6-16(18)19/h4,6,10-11H,5,9H2,1-3H3. The van der Waals surface area contributed by atoms with Gasteiger partial charge in [0.25, 0.3) is 5.91 Å². The monoisotopic (exact) mass is 283 g/mol. The lowest BCUT2D eigenvalue weighted by Crippen LogP contribution is -2.37. The lowest BCUT2D eigenvalue weighted by molar-refractivity contribution is -0.138. The summed E-state index contributed by atoms with van der Waals surface area (Å²) >= 11 is 0. The molecule has 1 heterocycles. The molecule has 0 radical (unpaired) electrons. The van der Waals surface area contributed by atoms with Gasteiger partial charge in [0.05, 0.1) is 7.11 Å². The fraction of sp³-hybridized carbons (Fsp3) is 0.294. The van der Waals surface area contributed by atoms with Crippen molar-refractivity contribution in [3.63, 3.8) is 0 Å². The van der Waals surface area contributed by atoms with Crippen LogP contribution >= 0.6 is 0 Å². The lowest BCUT2D eigenvalue weighted by Gasteiger charge is -2.18. The molecule has 1 aliphatic heterocycles. The number of ether oxygens (including phenoxy) is 1. The number of aryl methyl sites for hydroxylation is 1. The molecule has 1 aliphatic rings. The summed E-state index contributed by atoms with van der Waals surface area (Å²) in [7, 11) is 1.60. The Balaban J connectivity index is 2.23. The van der Waals surface area contributed by atoms with Crippen molar-refractivity contribution in [2.24, 2.45) is 0 Å². The van der Waals surface area contributed by atoms with Gasteiger partial charge in [-0.15, -0.1) is 0 Å². The van der Waals surface area contributed by atoms with Crippen molar-refractivity contribution >= 4 is 11.8 Å². The Bertz CT molecular complexity index is 677. The Morgan fingerprint density at radius 3 is 2.76 bits per heavy atom. The van der Waals surface area contributed by atoms with Gasteiger partial charge in [-0.2, -0.15) is 0 Å². The first kappa shape index (κ1) is 14.9. The largest absolute Gasteiger partial charge is 0.496 e. The fourth-order valence-corrected chi connectivity index (χ4v) is 2.09. The van der Waals surface area contributed by atoms with Crippen LogP contribution in [0.2, 0.25) is 0 Å². The molecule has 21 heavy (non-hydrogen) atoms. The van der Waals surface area contributed by atoms with Gasteiger partial charge in [0.2, 0.25) is 0 Å². The van der Waals surface area contributed by atoms with E-state index in [0.717, 1.165) is 21.8 Å². The van der Waals surface area contributed by atoms with Gasteiger partial charge in [0.1, 0.15) is 5.75 Å². The van der Waals surface area contributed by atoms with Crippen molar-refractivity contribution in [3.8, 4) is 17.6 Å². The van der Waals surface area contributed by atoms with Crippen molar-refractivity contribution in [1.82, 2.24) is 4.90 Å². The van der Waals surface area contributed by atoms with Crippen LogP contribution < -0.4 is 4.74 Å². The molecule has 2 amide bonds. The number of nitrogens with zero attached hydrogens (tertiary/aromatic N) is 1. The van der Waals surface area contributed by atoms with Crippen LogP contribution in [0.25, 0.3) is 0 Å². The van der Waals surface area contributed by atoms with E-state index >= 15 is 0 Å². The number of imide groups is 1. The number of hydrogen-bond acceptors (Lipinski definition) is 3. The van der Waals surface area contributed by atoms with Crippen LogP contribution in [-0.4, -0.2) is 30.4 Å². The third-order valence-electron chi connectivity index (χ3n) is 3.44. The van der Waals surface area contributed by atoms with Gasteiger partial charge in [0, 0.05) is 18.0 Å². The van der Waals surface area contributed by atoms with Crippen molar-refractivity contribution in [3.05, 3.63) is 41.0 Å². The molecule has 0 atom stereocenters. The molecule has 0 unspecified atom stereocenters. The molecule has 1 aromatic rings. The zero-order valence-electron chi connectivity index (χ0n) is 12.4. The van der Waals surface area contributed by atoms with Crippen LogP contribution in [0.4, 0.5) is 0 Å². The summed E-state index contributed by atoms with van der Waals surface area (Å²) < 4.78 is 5.28. The third-order valence-corrected chi connectivity index (χ3v) is 3.44. The van der Waals surface area contributed by atoms with Gasteiger partial charge >= 0.3 is 5.91 Å². The van der Waals surface area contributed by atoms with Crippen LogP contribution in [0.5, 0.6) is 5.75 Å². The van der Waals surface area contributed by atoms with E-state index in [4.69, 9.17) is 4.74 Å². The van der Waals surface area contributed by atoms with E-state index in [1.165, 1.54) is 6.08 Å². The van der Waals surface area contributed by atoms with Gasteiger partial charge in [-0.3, -0.25) is 14.5 Å². The van der Waals surface area contributed by atoms with Crippen molar-refractivity contribution in [1.29, 1.82) is 0 Å². The molecule has 4 nitrogen and oxygen atoms in total. The Morgan fingerprint density at radius 2 is 2.10 bits per heavy atom. The second-order valence-corrected chi connectivity index (χ2v) is 4.86. The first-order valence-corrected chi connectivity index (χ1v) is 6.72. The maximum absolute atomic E-state index is 12.0. The average Bonchev–Trinajstić information content (AvgIpc) is 2.48. The molecule has 2 rings (SSSR count). The summed E-state index contributed by atoms with van der Waals surface area (Å²) in [6, 6.07) is 3.69. The second-order valence-electron chi connectivity index (χ2n) is 4.86. The van der Waals surface area contributed by atoms with Crippen LogP contribution in [0.15, 0.2) is 24.3 Å². The molecule has 0 aromatic heterocycles. The number of amides is 2. The predicted octanol–water partition coefficient (Wildman–Crippen LogP) is 1.98. The number of carbonyl (C=O) groups excluding carboxylic acids is 2. The van der Waals surface area contributed by atoms with Crippen molar-refractivity contribution in [2.75, 3.05) is 13.7 Å². The Hall–Kier alpha value is -2.54. The minimum atomic E-state index is -0.471. The summed E-state index contributed by atoms with van der Waals surface area (Å²) in [5.41, 5.74) is 2.79. The fourth-order valence-electron chi connectivity index (χ4n) is 2.09. The Kier molecular flexibility index (Phi) is 4.44. The topological polar surface area (TPSA) is 46.6 Å². The molecule has 0 fully saturated rings. The summed E-state index contributed by atoms with van der Waals surface area (Å²) in [5.74, 6) is 5.29. The zero-order valence-corrected chi connectivity index (χ0v) is 12.4. The molecule has 0 bridgehead atoms. The molecule has 0 saturated heterocycles. The van der Waals surface area contributed by atoms with Crippen LogP contribution in [0.1, 0.15) is 23.1 Å². The second kappa shape index (κ2) is 6.27. The van der Waals surface area contributed by atoms with Gasteiger partial charge < -0.3 is 4.74 Å². The number of hydrogen-bond donors (Lipinski definition) is 0. The van der Waals surface area contributed by atoms with Gasteiger partial charge in [-0.25, -0.2) is 0 Å². The minimum Gasteiger partial charge on any atom is -0.496 e. The van der Waals surface area contributed by atoms with Crippen LogP contribution in [-0.2, 0) is 9.59 Å². The molecule has 1 aromatic carbocycles. The normalized spacial score (nSPS) is 13.7. The maximum Gasteiger partial charge on any atom is 0.305 e. The first-order chi connectivity index (χ1) is 10.0. The Labute approximate surface area is 124 Å². The molecular formula is C17H17NO3. The average molecular weight is 283 g/mol. The van der Waals surface area contributed by atoms with E-state index < -0.39 is 5.91 Å². The van der Waals surface area contributed by atoms with Crippen molar-refractivity contribution in [2.45, 2.75) is 20.3 Å². The van der Waals surface area contributed by atoms with Crippen molar-refractivity contribution < 1.29 is 14.3 Å². The number of benzene rings is 1. The summed E-state index contributed by atoms with van der Waals surface area (Å²) in [5, 5.41) is 0. The highest BCUT2D eigenvalue weighted by Gasteiger charge is 2.19. The molecule has 0 spiro atoms. The van der Waals surface area contributed by atoms with E-state index in [0.29, 0.717) is 18.5 Å². The molecule has 4 heteroatoms. The highest BCUT2D eigenvalue weighted by atomic mass is 16.5. The van der Waals surface area contributed by atoms with E-state index in [9.17, 15) is 9.59 Å². The van der Waals surface area contributed by atoms with Gasteiger partial charge in [-0.1, -0.05) is 12.0 Å². The number of rotatable bonds is 1. The molecular weight excluding hydrogens is 266 g/mol. The first-order valence-electron chi connectivity index (χ1n) is 6.72. The highest BCUT2D eigenvalue weighted by Crippen LogP contribution is 2.22. The van der Waals surface area contributed by atoms with Crippen LogP contribution in [0.3, 0.4) is 0 Å². The lowest BCUT2D eigenvalue weighted by atomic mass is 10.1. The number of carbonyl (C=O) groups is 2. The molecule has 0 saturated carbocycles. The van der Waals surface area contributed by atoms with E-state index in [1.807, 2.05) is 19.9 Å². The molecule has 0 aliphatic carbocycles. The minimum absolute atomic E-state index is 0.307. The highest BCUT2D eigenvalue weighted by molar-refractivity contribution is 6.08. The third kappa shape index (κ3) is 3.32. The van der Waals surface area contributed by atoms with E-state index in [1.54, 1.807) is 19.3 Å². The quantitative estimate of drug-likeness (QED) is 0.740. The summed E-state index contributed by atoms with van der Waals surface area (Å²) in [6.45, 7) is 4.32. The van der Waals surface area contributed by atoms with Gasteiger partial charge in [-0.05, 0) is 49.6 Å². The van der Waals surface area contributed by atoms with E-state index in [2.05, 4.69) is 11.8 Å². The summed E-state index contributed by atoms with van der Waals surface area (Å²) in [6.07, 6.45) is 3.84. The number of methoxy groups -OCH3 is 1. The predicted molar refractivity (Wildman–Crippen MR) is 79.8 cm³/mol. The summed E-state index contributed by atoms with van der Waals surface area (Å²) in [4.78, 5) is 24.7. The van der Waals surface area contributed by atoms with Gasteiger partial charge in [0.15, 0.2) is 0 Å². The smallest absolute Gasteiger partial charge is 0.305 e. The molecule has 0 N–H and O–H groups in total. The SMILES string of the molecule is COc1cc(C#CC(=O)N2CCC=CC2=O)cc(C)c1C.